The SMILES string of the molecule is Oc1c(Cl)cccc1CNC1CCSC1. The molecular weight excluding hydrogens is 230 g/mol. The number of hydrogen-bond acceptors (Lipinski definition) is 3. The summed E-state index contributed by atoms with van der Waals surface area (Å²) in [5.74, 6) is 2.61. The molecule has 1 aliphatic heterocycles. The van der Waals surface area contributed by atoms with Crippen molar-refractivity contribution >= 4 is 23.4 Å². The molecule has 0 spiro atoms. The van der Waals surface area contributed by atoms with E-state index in [1.165, 1.54) is 17.9 Å². The van der Waals surface area contributed by atoms with Crippen LogP contribution in [0.15, 0.2) is 18.2 Å². The molecule has 0 bridgehead atoms. The second kappa shape index (κ2) is 5.10. The Morgan fingerprint density at radius 2 is 2.40 bits per heavy atom. The van der Waals surface area contributed by atoms with E-state index in [9.17, 15) is 5.11 Å². The van der Waals surface area contributed by atoms with Gasteiger partial charge in [-0.15, -0.1) is 0 Å². The van der Waals surface area contributed by atoms with Gasteiger partial charge in [-0.3, -0.25) is 0 Å². The maximum atomic E-state index is 9.69. The van der Waals surface area contributed by atoms with Crippen molar-refractivity contribution < 1.29 is 5.11 Å². The first-order valence-electron chi connectivity index (χ1n) is 5.05. The molecule has 1 aromatic rings. The second-order valence-electron chi connectivity index (χ2n) is 3.69. The van der Waals surface area contributed by atoms with E-state index < -0.39 is 0 Å². The molecule has 0 aromatic heterocycles. The van der Waals surface area contributed by atoms with Crippen LogP contribution in [0.1, 0.15) is 12.0 Å². The average Bonchev–Trinajstić information content (AvgIpc) is 2.73. The van der Waals surface area contributed by atoms with Gasteiger partial charge in [0.1, 0.15) is 5.75 Å². The van der Waals surface area contributed by atoms with E-state index in [4.69, 9.17) is 11.6 Å². The van der Waals surface area contributed by atoms with Crippen molar-refractivity contribution in [2.75, 3.05) is 11.5 Å². The number of thioether (sulfide) groups is 1. The van der Waals surface area contributed by atoms with Gasteiger partial charge < -0.3 is 10.4 Å². The Morgan fingerprint density at radius 3 is 3.13 bits per heavy atom. The maximum absolute atomic E-state index is 9.69. The zero-order chi connectivity index (χ0) is 10.7. The number of rotatable bonds is 3. The molecule has 1 unspecified atom stereocenters. The quantitative estimate of drug-likeness (QED) is 0.856. The van der Waals surface area contributed by atoms with Crippen LogP contribution in [0, 0.1) is 0 Å². The summed E-state index contributed by atoms with van der Waals surface area (Å²) in [6.45, 7) is 0.692. The van der Waals surface area contributed by atoms with E-state index in [1.807, 2.05) is 23.9 Å². The Kier molecular flexibility index (Phi) is 3.78. The van der Waals surface area contributed by atoms with Crippen LogP contribution in [0.3, 0.4) is 0 Å². The molecule has 1 fully saturated rings. The van der Waals surface area contributed by atoms with Crippen molar-refractivity contribution in [2.45, 2.75) is 19.0 Å². The summed E-state index contributed by atoms with van der Waals surface area (Å²) in [4.78, 5) is 0. The minimum absolute atomic E-state index is 0.206. The van der Waals surface area contributed by atoms with Crippen LogP contribution < -0.4 is 5.32 Å². The van der Waals surface area contributed by atoms with E-state index in [1.54, 1.807) is 6.07 Å². The van der Waals surface area contributed by atoms with Gasteiger partial charge in [0.2, 0.25) is 0 Å². The van der Waals surface area contributed by atoms with Crippen molar-refractivity contribution in [1.82, 2.24) is 5.32 Å². The third kappa shape index (κ3) is 2.80. The van der Waals surface area contributed by atoms with E-state index in [0.29, 0.717) is 17.6 Å². The first-order valence-corrected chi connectivity index (χ1v) is 6.58. The molecule has 1 saturated heterocycles. The predicted octanol–water partition coefficient (Wildman–Crippen LogP) is 2.64. The lowest BCUT2D eigenvalue weighted by atomic mass is 10.2. The highest BCUT2D eigenvalue weighted by atomic mass is 35.5. The predicted molar refractivity (Wildman–Crippen MR) is 65.7 cm³/mol. The van der Waals surface area contributed by atoms with Crippen molar-refractivity contribution in [3.63, 3.8) is 0 Å². The number of nitrogens with one attached hydrogen (secondary N) is 1. The number of hydrogen-bond donors (Lipinski definition) is 2. The van der Waals surface area contributed by atoms with Gasteiger partial charge in [-0.05, 0) is 18.2 Å². The number of benzene rings is 1. The number of phenols is 1. The topological polar surface area (TPSA) is 32.3 Å². The smallest absolute Gasteiger partial charge is 0.138 e. The fraction of sp³-hybridized carbons (Fsp3) is 0.455. The fourth-order valence-electron chi connectivity index (χ4n) is 1.65. The third-order valence-electron chi connectivity index (χ3n) is 2.58. The van der Waals surface area contributed by atoms with Crippen LogP contribution in [-0.2, 0) is 6.54 Å². The lowest BCUT2D eigenvalue weighted by molar-refractivity contribution is 0.460. The largest absolute Gasteiger partial charge is 0.506 e. The lowest BCUT2D eigenvalue weighted by Gasteiger charge is -2.12. The number of aromatic hydroxyl groups is 1. The molecule has 2 N–H and O–H groups in total. The highest BCUT2D eigenvalue weighted by Crippen LogP contribution is 2.27. The van der Waals surface area contributed by atoms with Crippen molar-refractivity contribution in [3.05, 3.63) is 28.8 Å². The van der Waals surface area contributed by atoms with Crippen LogP contribution >= 0.6 is 23.4 Å². The number of halogens is 1. The van der Waals surface area contributed by atoms with Gasteiger partial charge in [-0.1, -0.05) is 23.7 Å². The molecule has 15 heavy (non-hydrogen) atoms. The third-order valence-corrected chi connectivity index (χ3v) is 4.05. The molecule has 1 aromatic carbocycles. The van der Waals surface area contributed by atoms with Gasteiger partial charge >= 0.3 is 0 Å². The highest BCUT2D eigenvalue weighted by Gasteiger charge is 2.15. The molecule has 2 nitrogen and oxygen atoms in total. The summed E-state index contributed by atoms with van der Waals surface area (Å²) in [6.07, 6.45) is 1.21. The van der Waals surface area contributed by atoms with Gasteiger partial charge in [0.25, 0.3) is 0 Å². The minimum Gasteiger partial charge on any atom is -0.506 e. The van der Waals surface area contributed by atoms with Gasteiger partial charge in [0, 0.05) is 23.9 Å². The van der Waals surface area contributed by atoms with Crippen molar-refractivity contribution in [3.8, 4) is 5.75 Å². The Bertz CT molecular complexity index is 339. The zero-order valence-corrected chi connectivity index (χ0v) is 9.94. The molecule has 2 rings (SSSR count). The van der Waals surface area contributed by atoms with Crippen molar-refractivity contribution in [2.24, 2.45) is 0 Å². The molecular formula is C11H14ClNOS. The molecule has 0 radical (unpaired) electrons. The molecule has 1 aliphatic rings. The molecule has 0 saturated carbocycles. The number of phenolic OH excluding ortho intramolecular Hbond substituents is 1. The summed E-state index contributed by atoms with van der Waals surface area (Å²) in [5, 5.41) is 13.5. The maximum Gasteiger partial charge on any atom is 0.138 e. The summed E-state index contributed by atoms with van der Waals surface area (Å²) in [7, 11) is 0. The highest BCUT2D eigenvalue weighted by molar-refractivity contribution is 7.99. The van der Waals surface area contributed by atoms with Crippen LogP contribution in [0.4, 0.5) is 0 Å². The Labute approximate surface area is 99.0 Å². The lowest BCUT2D eigenvalue weighted by Crippen LogP contribution is -2.27. The Balaban J connectivity index is 1.95. The average molecular weight is 244 g/mol. The van der Waals surface area contributed by atoms with Gasteiger partial charge in [0.15, 0.2) is 0 Å². The molecule has 82 valence electrons. The van der Waals surface area contributed by atoms with E-state index in [0.717, 1.165) is 5.56 Å². The molecule has 1 heterocycles. The van der Waals surface area contributed by atoms with E-state index >= 15 is 0 Å². The van der Waals surface area contributed by atoms with Gasteiger partial charge in [-0.2, -0.15) is 11.8 Å². The standard InChI is InChI=1S/C11H14ClNOS/c12-10-3-1-2-8(11(10)14)6-13-9-4-5-15-7-9/h1-3,9,13-14H,4-7H2. The molecule has 0 aliphatic carbocycles. The van der Waals surface area contributed by atoms with E-state index in [-0.39, 0.29) is 5.75 Å². The zero-order valence-electron chi connectivity index (χ0n) is 8.37. The normalized spacial score (nSPS) is 20.7. The summed E-state index contributed by atoms with van der Waals surface area (Å²) >= 11 is 7.80. The summed E-state index contributed by atoms with van der Waals surface area (Å²) in [6, 6.07) is 6.04. The van der Waals surface area contributed by atoms with Crippen molar-refractivity contribution in [1.29, 1.82) is 0 Å². The summed E-state index contributed by atoms with van der Waals surface area (Å²) in [5.41, 5.74) is 0.874. The van der Waals surface area contributed by atoms with Crippen LogP contribution in [-0.4, -0.2) is 22.7 Å². The van der Waals surface area contributed by atoms with Crippen LogP contribution in [0.5, 0.6) is 5.75 Å². The fourth-order valence-corrected chi connectivity index (χ4v) is 3.03. The second-order valence-corrected chi connectivity index (χ2v) is 5.25. The molecule has 0 amide bonds. The monoisotopic (exact) mass is 243 g/mol. The van der Waals surface area contributed by atoms with Gasteiger partial charge in [0.05, 0.1) is 5.02 Å². The first-order chi connectivity index (χ1) is 7.27. The molecule has 4 heteroatoms. The van der Waals surface area contributed by atoms with E-state index in [2.05, 4.69) is 5.32 Å². The Hall–Kier alpha value is -0.380. The minimum atomic E-state index is 0.206. The number of para-hydroxylation sites is 1. The van der Waals surface area contributed by atoms with Crippen LogP contribution in [0.2, 0.25) is 5.02 Å². The molecule has 1 atom stereocenters. The van der Waals surface area contributed by atoms with Gasteiger partial charge in [-0.25, -0.2) is 0 Å². The first kappa shape index (κ1) is 11.1. The Morgan fingerprint density at radius 1 is 1.53 bits per heavy atom. The summed E-state index contributed by atoms with van der Waals surface area (Å²) < 4.78 is 0. The van der Waals surface area contributed by atoms with Crippen LogP contribution in [0.25, 0.3) is 0 Å².